The number of ether oxygens (including phenoxy) is 1. The molecule has 18 heavy (non-hydrogen) atoms. The molecular weight excluding hydrogens is 252 g/mol. The molecule has 0 fully saturated rings. The fourth-order valence-electron chi connectivity index (χ4n) is 1.52. The Hall–Kier alpha value is -1.10. The lowest BCUT2D eigenvalue weighted by Crippen LogP contribution is -2.36. The predicted octanol–water partition coefficient (Wildman–Crippen LogP) is 1.74. The van der Waals surface area contributed by atoms with Crippen molar-refractivity contribution in [2.24, 2.45) is 11.7 Å². The van der Waals surface area contributed by atoms with Gasteiger partial charge in [0.15, 0.2) is 0 Å². The van der Waals surface area contributed by atoms with Crippen LogP contribution in [0.2, 0.25) is 5.02 Å². The number of hydrogen-bond donors (Lipinski definition) is 2. The third-order valence-corrected chi connectivity index (χ3v) is 3.00. The summed E-state index contributed by atoms with van der Waals surface area (Å²) in [5.41, 5.74) is 6.37. The van der Waals surface area contributed by atoms with Crippen molar-refractivity contribution in [2.45, 2.75) is 13.0 Å². The van der Waals surface area contributed by atoms with Crippen molar-refractivity contribution in [3.8, 4) is 0 Å². The second-order valence-corrected chi connectivity index (χ2v) is 4.60. The first-order chi connectivity index (χ1) is 8.58. The van der Waals surface area contributed by atoms with E-state index in [2.05, 4.69) is 5.32 Å². The van der Waals surface area contributed by atoms with E-state index >= 15 is 0 Å². The number of carbonyl (C=O) groups excluding carboxylic acids is 1. The number of carbonyl (C=O) groups is 1. The van der Waals surface area contributed by atoms with E-state index in [0.29, 0.717) is 18.1 Å². The van der Waals surface area contributed by atoms with Gasteiger partial charge in [-0.2, -0.15) is 0 Å². The Morgan fingerprint density at radius 1 is 1.56 bits per heavy atom. The normalized spacial score (nSPS) is 14.0. The second kappa shape index (κ2) is 7.36. The first-order valence-electron chi connectivity index (χ1n) is 5.84. The van der Waals surface area contributed by atoms with Gasteiger partial charge in [-0.1, -0.05) is 30.7 Å². The average molecular weight is 271 g/mol. The lowest BCUT2D eigenvalue weighted by molar-refractivity contribution is -0.124. The van der Waals surface area contributed by atoms with E-state index in [-0.39, 0.29) is 17.9 Å². The minimum atomic E-state index is -0.211. The van der Waals surface area contributed by atoms with Gasteiger partial charge in [-0.15, -0.1) is 0 Å². The zero-order chi connectivity index (χ0) is 13.5. The molecule has 2 atom stereocenters. The number of rotatable bonds is 6. The maximum atomic E-state index is 11.6. The van der Waals surface area contributed by atoms with Crippen LogP contribution in [-0.2, 0) is 9.53 Å². The second-order valence-electron chi connectivity index (χ2n) is 4.16. The highest BCUT2D eigenvalue weighted by Crippen LogP contribution is 2.19. The van der Waals surface area contributed by atoms with Crippen molar-refractivity contribution < 1.29 is 9.53 Å². The smallest absolute Gasteiger partial charge is 0.224 e. The molecule has 3 N–H and O–H groups in total. The Labute approximate surface area is 112 Å². The maximum Gasteiger partial charge on any atom is 0.224 e. The molecule has 0 spiro atoms. The van der Waals surface area contributed by atoms with Crippen LogP contribution in [0.3, 0.4) is 0 Å². The lowest BCUT2D eigenvalue weighted by Gasteiger charge is -2.18. The zero-order valence-corrected chi connectivity index (χ0v) is 11.4. The van der Waals surface area contributed by atoms with E-state index in [4.69, 9.17) is 22.1 Å². The van der Waals surface area contributed by atoms with E-state index in [1.165, 1.54) is 0 Å². The van der Waals surface area contributed by atoms with Crippen molar-refractivity contribution in [2.75, 3.05) is 20.2 Å². The van der Waals surface area contributed by atoms with Crippen molar-refractivity contribution in [1.29, 1.82) is 0 Å². The van der Waals surface area contributed by atoms with Crippen LogP contribution in [0.5, 0.6) is 0 Å². The SMILES string of the molecule is COC(CNC(=O)C(C)CN)c1cccc(Cl)c1. The molecule has 0 aliphatic heterocycles. The first-order valence-corrected chi connectivity index (χ1v) is 6.22. The van der Waals surface area contributed by atoms with Crippen LogP contribution in [0.15, 0.2) is 24.3 Å². The highest BCUT2D eigenvalue weighted by Gasteiger charge is 2.15. The van der Waals surface area contributed by atoms with Crippen LogP contribution in [0.25, 0.3) is 0 Å². The van der Waals surface area contributed by atoms with E-state index in [9.17, 15) is 4.79 Å². The van der Waals surface area contributed by atoms with Crippen LogP contribution >= 0.6 is 11.6 Å². The van der Waals surface area contributed by atoms with Crippen molar-refractivity contribution >= 4 is 17.5 Å². The number of nitrogens with two attached hydrogens (primary N) is 1. The highest BCUT2D eigenvalue weighted by atomic mass is 35.5. The van der Waals surface area contributed by atoms with Gasteiger partial charge in [0, 0.05) is 31.1 Å². The summed E-state index contributed by atoms with van der Waals surface area (Å²) in [6.45, 7) is 2.52. The number of nitrogens with one attached hydrogen (secondary N) is 1. The molecule has 0 saturated carbocycles. The monoisotopic (exact) mass is 270 g/mol. The number of benzene rings is 1. The molecular formula is C13H19ClN2O2. The molecule has 5 heteroatoms. The summed E-state index contributed by atoms with van der Waals surface area (Å²) in [4.78, 5) is 11.6. The molecule has 1 amide bonds. The van der Waals surface area contributed by atoms with Crippen molar-refractivity contribution in [3.05, 3.63) is 34.9 Å². The van der Waals surface area contributed by atoms with Gasteiger partial charge >= 0.3 is 0 Å². The summed E-state index contributed by atoms with van der Waals surface area (Å²) in [7, 11) is 1.60. The standard InChI is InChI=1S/C13H19ClN2O2/c1-9(7-15)13(17)16-8-12(18-2)10-4-3-5-11(14)6-10/h3-6,9,12H,7-8,15H2,1-2H3,(H,16,17). The Morgan fingerprint density at radius 2 is 2.28 bits per heavy atom. The number of methoxy groups -OCH3 is 1. The molecule has 0 aromatic heterocycles. The summed E-state index contributed by atoms with van der Waals surface area (Å²) in [5.74, 6) is -0.261. The molecule has 100 valence electrons. The highest BCUT2D eigenvalue weighted by molar-refractivity contribution is 6.30. The quantitative estimate of drug-likeness (QED) is 0.828. The van der Waals surface area contributed by atoms with Crippen LogP contribution in [0, 0.1) is 5.92 Å². The number of hydrogen-bond acceptors (Lipinski definition) is 3. The summed E-state index contributed by atoms with van der Waals surface area (Å²) in [5, 5.41) is 3.46. The van der Waals surface area contributed by atoms with Gasteiger partial charge in [-0.25, -0.2) is 0 Å². The average Bonchev–Trinajstić information content (AvgIpc) is 2.38. The molecule has 0 aliphatic rings. The minimum absolute atomic E-state index is 0.0680. The fourth-order valence-corrected chi connectivity index (χ4v) is 1.72. The van der Waals surface area contributed by atoms with Crippen LogP contribution in [0.4, 0.5) is 0 Å². The minimum Gasteiger partial charge on any atom is -0.375 e. The largest absolute Gasteiger partial charge is 0.375 e. The Morgan fingerprint density at radius 3 is 2.83 bits per heavy atom. The molecule has 0 radical (unpaired) electrons. The van der Waals surface area contributed by atoms with Crippen LogP contribution in [0.1, 0.15) is 18.6 Å². The third kappa shape index (κ3) is 4.29. The van der Waals surface area contributed by atoms with Crippen LogP contribution in [-0.4, -0.2) is 26.1 Å². The van der Waals surface area contributed by atoms with E-state index < -0.39 is 0 Å². The van der Waals surface area contributed by atoms with Gasteiger partial charge in [-0.3, -0.25) is 4.79 Å². The van der Waals surface area contributed by atoms with Gasteiger partial charge < -0.3 is 15.8 Å². The molecule has 0 saturated heterocycles. The summed E-state index contributed by atoms with van der Waals surface area (Å²) >= 11 is 5.92. The lowest BCUT2D eigenvalue weighted by atomic mass is 10.1. The molecule has 2 unspecified atom stereocenters. The fraction of sp³-hybridized carbons (Fsp3) is 0.462. The molecule has 1 rings (SSSR count). The molecule has 4 nitrogen and oxygen atoms in total. The maximum absolute atomic E-state index is 11.6. The van der Waals surface area contributed by atoms with E-state index in [0.717, 1.165) is 5.56 Å². The van der Waals surface area contributed by atoms with Crippen molar-refractivity contribution in [3.63, 3.8) is 0 Å². The summed E-state index contributed by atoms with van der Waals surface area (Å²) < 4.78 is 5.35. The van der Waals surface area contributed by atoms with Gasteiger partial charge in [-0.05, 0) is 17.7 Å². The summed E-state index contributed by atoms with van der Waals surface area (Å²) in [6, 6.07) is 7.40. The van der Waals surface area contributed by atoms with Crippen molar-refractivity contribution in [1.82, 2.24) is 5.32 Å². The molecule has 0 bridgehead atoms. The molecule has 0 aliphatic carbocycles. The third-order valence-electron chi connectivity index (χ3n) is 2.77. The number of amides is 1. The van der Waals surface area contributed by atoms with Gasteiger partial charge in [0.05, 0.1) is 6.10 Å². The van der Waals surface area contributed by atoms with Crippen LogP contribution < -0.4 is 11.1 Å². The molecule has 1 aromatic rings. The van der Waals surface area contributed by atoms with E-state index in [1.807, 2.05) is 18.2 Å². The zero-order valence-electron chi connectivity index (χ0n) is 10.7. The topological polar surface area (TPSA) is 64.3 Å². The Balaban J connectivity index is 2.60. The molecule has 0 heterocycles. The Bertz CT molecular complexity index is 398. The summed E-state index contributed by atoms with van der Waals surface area (Å²) in [6.07, 6.45) is -0.211. The Kier molecular flexibility index (Phi) is 6.12. The van der Waals surface area contributed by atoms with Gasteiger partial charge in [0.25, 0.3) is 0 Å². The van der Waals surface area contributed by atoms with Gasteiger partial charge in [0.1, 0.15) is 0 Å². The van der Waals surface area contributed by atoms with E-state index in [1.54, 1.807) is 20.1 Å². The molecule has 1 aromatic carbocycles. The number of halogens is 1. The first kappa shape index (κ1) is 15.0. The van der Waals surface area contributed by atoms with Gasteiger partial charge in [0.2, 0.25) is 5.91 Å². The predicted molar refractivity (Wildman–Crippen MR) is 72.4 cm³/mol.